The summed E-state index contributed by atoms with van der Waals surface area (Å²) >= 11 is 0. The van der Waals surface area contributed by atoms with Gasteiger partial charge in [-0.15, -0.1) is 0 Å². The van der Waals surface area contributed by atoms with Gasteiger partial charge in [-0.3, -0.25) is 0 Å². The van der Waals surface area contributed by atoms with Crippen molar-refractivity contribution in [3.8, 4) is 0 Å². The smallest absolute Gasteiger partial charge is 0.139 e. The van der Waals surface area contributed by atoms with E-state index in [1.54, 1.807) is 10.5 Å². The first-order chi connectivity index (χ1) is 6.72. The molecule has 0 aliphatic rings. The number of rotatable bonds is 2. The van der Waals surface area contributed by atoms with Gasteiger partial charge in [-0.2, -0.15) is 0 Å². The van der Waals surface area contributed by atoms with Gasteiger partial charge in [0.1, 0.15) is 11.5 Å². The zero-order valence-corrected chi connectivity index (χ0v) is 8.00. The van der Waals surface area contributed by atoms with E-state index < -0.39 is 0 Å². The second kappa shape index (κ2) is 3.38. The summed E-state index contributed by atoms with van der Waals surface area (Å²) in [5, 5.41) is 0. The lowest BCUT2D eigenvalue weighted by Gasteiger charge is -1.96. The minimum Gasteiger partial charge on any atom is -0.330 e. The molecular weight excluding hydrogens is 181 g/mol. The van der Waals surface area contributed by atoms with Crippen LogP contribution in [0.15, 0.2) is 18.3 Å². The first kappa shape index (κ1) is 9.15. The number of halogens is 1. The van der Waals surface area contributed by atoms with Crippen molar-refractivity contribution < 1.29 is 4.39 Å². The molecule has 0 fully saturated rings. The van der Waals surface area contributed by atoms with Crippen molar-refractivity contribution >= 4 is 5.65 Å². The van der Waals surface area contributed by atoms with Crippen molar-refractivity contribution in [2.75, 3.05) is 6.54 Å². The molecule has 74 valence electrons. The molecule has 0 unspecified atom stereocenters. The Hall–Kier alpha value is -1.42. The summed E-state index contributed by atoms with van der Waals surface area (Å²) in [6.45, 7) is 2.48. The zero-order chi connectivity index (χ0) is 10.1. The fourth-order valence-electron chi connectivity index (χ4n) is 1.56. The van der Waals surface area contributed by atoms with Crippen LogP contribution in [0.4, 0.5) is 4.39 Å². The van der Waals surface area contributed by atoms with Gasteiger partial charge in [0.15, 0.2) is 0 Å². The Balaban J connectivity index is 2.62. The number of pyridine rings is 1. The number of hydrogen-bond acceptors (Lipinski definition) is 2. The van der Waals surface area contributed by atoms with E-state index in [9.17, 15) is 4.39 Å². The van der Waals surface area contributed by atoms with E-state index in [2.05, 4.69) is 4.98 Å². The van der Waals surface area contributed by atoms with E-state index in [0.717, 1.165) is 23.5 Å². The fraction of sp³-hybridized carbons (Fsp3) is 0.300. The largest absolute Gasteiger partial charge is 0.330 e. The second-order valence-corrected chi connectivity index (χ2v) is 3.26. The average Bonchev–Trinajstić information content (AvgIpc) is 2.46. The molecule has 2 aromatic heterocycles. The topological polar surface area (TPSA) is 43.3 Å². The monoisotopic (exact) mass is 193 g/mol. The van der Waals surface area contributed by atoms with Crippen molar-refractivity contribution in [2.24, 2.45) is 5.73 Å². The molecule has 0 saturated heterocycles. The summed E-state index contributed by atoms with van der Waals surface area (Å²) in [5.74, 6) is -0.253. The summed E-state index contributed by atoms with van der Waals surface area (Å²) in [4.78, 5) is 4.36. The molecule has 2 N–H and O–H groups in total. The fourth-order valence-corrected chi connectivity index (χ4v) is 1.56. The maximum atomic E-state index is 12.9. The summed E-state index contributed by atoms with van der Waals surface area (Å²) < 4.78 is 14.7. The molecule has 0 aromatic carbocycles. The van der Waals surface area contributed by atoms with Crippen molar-refractivity contribution in [3.05, 3.63) is 35.5 Å². The van der Waals surface area contributed by atoms with Crippen LogP contribution in [0.3, 0.4) is 0 Å². The molecular formula is C10H12FN3. The van der Waals surface area contributed by atoms with Gasteiger partial charge in [0.05, 0.1) is 5.69 Å². The molecule has 0 atom stereocenters. The Labute approximate surface area is 81.4 Å². The predicted molar refractivity (Wildman–Crippen MR) is 52.6 cm³/mol. The first-order valence-electron chi connectivity index (χ1n) is 4.55. The van der Waals surface area contributed by atoms with Gasteiger partial charge >= 0.3 is 0 Å². The van der Waals surface area contributed by atoms with Crippen LogP contribution in [0.1, 0.15) is 11.4 Å². The van der Waals surface area contributed by atoms with Crippen LogP contribution in [0, 0.1) is 12.7 Å². The Morgan fingerprint density at radius 2 is 2.29 bits per heavy atom. The highest BCUT2D eigenvalue weighted by Gasteiger charge is 2.07. The van der Waals surface area contributed by atoms with Crippen LogP contribution in [0.2, 0.25) is 0 Å². The number of nitrogens with zero attached hydrogens (tertiary/aromatic N) is 2. The molecule has 3 nitrogen and oxygen atoms in total. The molecule has 0 saturated carbocycles. The lowest BCUT2D eigenvalue weighted by molar-refractivity contribution is 0.618. The van der Waals surface area contributed by atoms with Crippen LogP contribution < -0.4 is 5.73 Å². The second-order valence-electron chi connectivity index (χ2n) is 3.26. The third-order valence-corrected chi connectivity index (χ3v) is 2.30. The number of hydrogen-bond donors (Lipinski definition) is 1. The van der Waals surface area contributed by atoms with Crippen LogP contribution in [0.5, 0.6) is 0 Å². The van der Waals surface area contributed by atoms with E-state index >= 15 is 0 Å². The van der Waals surface area contributed by atoms with Gasteiger partial charge in [-0.25, -0.2) is 9.37 Å². The van der Waals surface area contributed by atoms with Crippen molar-refractivity contribution in [3.63, 3.8) is 0 Å². The van der Waals surface area contributed by atoms with Crippen LogP contribution in [0.25, 0.3) is 5.65 Å². The van der Waals surface area contributed by atoms with Gasteiger partial charge in [0.2, 0.25) is 0 Å². The summed E-state index contributed by atoms with van der Waals surface area (Å²) in [5.41, 5.74) is 8.13. The van der Waals surface area contributed by atoms with E-state index in [1.165, 1.54) is 12.3 Å². The first-order valence-corrected chi connectivity index (χ1v) is 4.55. The quantitative estimate of drug-likeness (QED) is 0.780. The van der Waals surface area contributed by atoms with Crippen molar-refractivity contribution in [2.45, 2.75) is 13.3 Å². The van der Waals surface area contributed by atoms with Gasteiger partial charge in [-0.1, -0.05) is 0 Å². The summed E-state index contributed by atoms with van der Waals surface area (Å²) in [6, 6.07) is 3.08. The Bertz CT molecular complexity index is 462. The molecule has 2 rings (SSSR count). The van der Waals surface area contributed by atoms with Crippen LogP contribution >= 0.6 is 0 Å². The van der Waals surface area contributed by atoms with E-state index in [1.807, 2.05) is 6.92 Å². The minimum atomic E-state index is -0.253. The molecule has 2 heterocycles. The SMILES string of the molecule is Cc1c(CCN)nc2ccc(F)cn12. The third kappa shape index (κ3) is 1.37. The number of imidazole rings is 1. The number of aromatic nitrogens is 2. The Morgan fingerprint density at radius 1 is 1.50 bits per heavy atom. The maximum absolute atomic E-state index is 12.9. The van der Waals surface area contributed by atoms with Crippen molar-refractivity contribution in [1.82, 2.24) is 9.38 Å². The highest BCUT2D eigenvalue weighted by molar-refractivity contribution is 5.43. The molecule has 0 bridgehead atoms. The molecule has 0 radical (unpaired) electrons. The van der Waals surface area contributed by atoms with Gasteiger partial charge in [0, 0.05) is 18.3 Å². The van der Waals surface area contributed by atoms with Crippen LogP contribution in [-0.2, 0) is 6.42 Å². The normalized spacial score (nSPS) is 11.1. The minimum absolute atomic E-state index is 0.253. The number of nitrogens with two attached hydrogens (primary N) is 1. The highest BCUT2D eigenvalue weighted by Crippen LogP contribution is 2.12. The Kier molecular flexibility index (Phi) is 2.21. The summed E-state index contributed by atoms with van der Waals surface area (Å²) in [7, 11) is 0. The van der Waals surface area contributed by atoms with Gasteiger partial charge < -0.3 is 10.1 Å². The van der Waals surface area contributed by atoms with Gasteiger partial charge in [0.25, 0.3) is 0 Å². The van der Waals surface area contributed by atoms with E-state index in [-0.39, 0.29) is 5.82 Å². The number of aryl methyl sites for hydroxylation is 1. The predicted octanol–water partition coefficient (Wildman–Crippen LogP) is 1.28. The van der Waals surface area contributed by atoms with Crippen molar-refractivity contribution in [1.29, 1.82) is 0 Å². The maximum Gasteiger partial charge on any atom is 0.139 e. The highest BCUT2D eigenvalue weighted by atomic mass is 19.1. The van der Waals surface area contributed by atoms with Crippen LogP contribution in [-0.4, -0.2) is 15.9 Å². The summed E-state index contributed by atoms with van der Waals surface area (Å²) in [6.07, 6.45) is 2.17. The standard InChI is InChI=1S/C10H12FN3/c1-7-9(4-5-12)13-10-3-2-8(11)6-14(7)10/h2-3,6H,4-5,12H2,1H3. The Morgan fingerprint density at radius 3 is 3.00 bits per heavy atom. The van der Waals surface area contributed by atoms with E-state index in [4.69, 9.17) is 5.73 Å². The van der Waals surface area contributed by atoms with E-state index in [0.29, 0.717) is 6.54 Å². The molecule has 0 aliphatic heterocycles. The average molecular weight is 193 g/mol. The molecule has 14 heavy (non-hydrogen) atoms. The number of fused-ring (bicyclic) bond motifs is 1. The molecule has 0 spiro atoms. The van der Waals surface area contributed by atoms with Gasteiger partial charge in [-0.05, 0) is 25.6 Å². The molecule has 0 aliphatic carbocycles. The molecule has 0 amide bonds. The molecule has 2 aromatic rings. The third-order valence-electron chi connectivity index (χ3n) is 2.30. The zero-order valence-electron chi connectivity index (χ0n) is 8.00. The lowest BCUT2D eigenvalue weighted by Crippen LogP contribution is -2.04. The molecule has 4 heteroatoms. The lowest BCUT2D eigenvalue weighted by atomic mass is 10.2.